The normalized spacial score (nSPS) is 15.9. The third-order valence-electron chi connectivity index (χ3n) is 5.35. The highest BCUT2D eigenvalue weighted by molar-refractivity contribution is 5.96. The van der Waals surface area contributed by atoms with Crippen molar-refractivity contribution < 1.29 is 13.9 Å². The summed E-state index contributed by atoms with van der Waals surface area (Å²) in [5.74, 6) is 3.79. The van der Waals surface area contributed by atoms with Crippen LogP contribution in [0.5, 0.6) is 11.5 Å². The Bertz CT molecular complexity index is 1090. The molecule has 1 heterocycles. The second kappa shape index (κ2) is 10.6. The van der Waals surface area contributed by atoms with Gasteiger partial charge in [-0.25, -0.2) is 4.42 Å². The van der Waals surface area contributed by atoms with Crippen molar-refractivity contribution in [3.8, 4) is 11.5 Å². The van der Waals surface area contributed by atoms with Crippen molar-refractivity contribution in [1.29, 1.82) is 0 Å². The molecular weight excluding hydrogens is 396 g/mol. The van der Waals surface area contributed by atoms with Gasteiger partial charge in [-0.15, -0.1) is 0 Å². The summed E-state index contributed by atoms with van der Waals surface area (Å²) >= 11 is 0. The first kappa shape index (κ1) is 21.6. The van der Waals surface area contributed by atoms with Gasteiger partial charge in [-0.3, -0.25) is 0 Å². The van der Waals surface area contributed by atoms with E-state index >= 15 is 0 Å². The number of benzene rings is 3. The Morgan fingerprint density at radius 3 is 2.03 bits per heavy atom. The molecule has 0 spiro atoms. The van der Waals surface area contributed by atoms with Gasteiger partial charge in [0.2, 0.25) is 0 Å². The van der Waals surface area contributed by atoms with Crippen LogP contribution >= 0.6 is 0 Å². The van der Waals surface area contributed by atoms with E-state index in [1.807, 2.05) is 56.3 Å². The number of ketones is 1. The van der Waals surface area contributed by atoms with Gasteiger partial charge in [-0.05, 0) is 67.4 Å². The Balaban J connectivity index is 1.64. The Hall–Kier alpha value is -3.59. The van der Waals surface area contributed by atoms with E-state index in [0.29, 0.717) is 13.2 Å². The summed E-state index contributed by atoms with van der Waals surface area (Å²) in [5, 5.41) is 0. The highest BCUT2D eigenvalue weighted by Gasteiger charge is 2.29. The van der Waals surface area contributed by atoms with Crippen LogP contribution in [-0.4, -0.2) is 19.0 Å². The Morgan fingerprint density at radius 2 is 1.41 bits per heavy atom. The van der Waals surface area contributed by atoms with Crippen molar-refractivity contribution in [2.75, 3.05) is 13.2 Å². The lowest BCUT2D eigenvalue weighted by molar-refractivity contribution is -0.346. The van der Waals surface area contributed by atoms with E-state index < -0.39 is 0 Å². The lowest BCUT2D eigenvalue weighted by Crippen LogP contribution is -2.12. The number of hydrogen-bond acceptors (Lipinski definition) is 2. The van der Waals surface area contributed by atoms with Crippen LogP contribution in [0.15, 0.2) is 91.0 Å². The molecule has 3 heteroatoms. The maximum atomic E-state index is 6.33. The van der Waals surface area contributed by atoms with Gasteiger partial charge in [0.05, 0.1) is 25.2 Å². The lowest BCUT2D eigenvalue weighted by Gasteiger charge is -2.14. The molecule has 0 amide bonds. The van der Waals surface area contributed by atoms with Gasteiger partial charge in [-0.2, -0.15) is 0 Å². The maximum absolute atomic E-state index is 6.33. The molecule has 3 aromatic rings. The molecule has 0 bridgehead atoms. The van der Waals surface area contributed by atoms with E-state index in [9.17, 15) is 0 Å². The number of carbonyl (C=O) groups excluding carboxylic acids is 1. The molecule has 0 unspecified atom stereocenters. The van der Waals surface area contributed by atoms with Gasteiger partial charge >= 0.3 is 11.5 Å². The number of hydrogen-bond donors (Lipinski definition) is 0. The van der Waals surface area contributed by atoms with E-state index in [4.69, 9.17) is 13.9 Å². The average Bonchev–Trinajstić information content (AvgIpc) is 2.85. The molecule has 0 saturated heterocycles. The molecule has 0 N–H and O–H groups in total. The van der Waals surface area contributed by atoms with Crippen LogP contribution in [0.1, 0.15) is 42.9 Å². The predicted octanol–water partition coefficient (Wildman–Crippen LogP) is 6.83. The molecular formula is C29H29O3+. The molecule has 0 fully saturated rings. The number of rotatable bonds is 8. The summed E-state index contributed by atoms with van der Waals surface area (Å²) in [5.41, 5.74) is 3.43. The zero-order chi connectivity index (χ0) is 22.2. The first-order valence-corrected chi connectivity index (χ1v) is 11.2. The Labute approximate surface area is 190 Å². The summed E-state index contributed by atoms with van der Waals surface area (Å²) in [6, 6.07) is 26.7. The molecule has 3 aromatic carbocycles. The van der Waals surface area contributed by atoms with Crippen molar-refractivity contribution >= 4 is 17.6 Å². The molecule has 0 radical (unpaired) electrons. The van der Waals surface area contributed by atoms with Crippen LogP contribution < -0.4 is 9.47 Å². The SMILES string of the molecule is CCOc1ccc(C2=C[C@H](c3ccc(OCC)cc3)CC(/C=C/c3ccccc3)=[O+]2)cc1. The van der Waals surface area contributed by atoms with Gasteiger partial charge in [0.25, 0.3) is 0 Å². The first-order chi connectivity index (χ1) is 15.7. The second-order valence-electron chi connectivity index (χ2n) is 7.61. The average molecular weight is 426 g/mol. The molecule has 4 rings (SSSR count). The summed E-state index contributed by atoms with van der Waals surface area (Å²) in [7, 11) is 0. The summed E-state index contributed by atoms with van der Waals surface area (Å²) in [6.07, 6.45) is 7.20. The fourth-order valence-electron chi connectivity index (χ4n) is 3.76. The van der Waals surface area contributed by atoms with Crippen LogP contribution in [0.4, 0.5) is 0 Å². The summed E-state index contributed by atoms with van der Waals surface area (Å²) in [6.45, 7) is 5.31. The maximum Gasteiger partial charge on any atom is 0.356 e. The molecule has 3 nitrogen and oxygen atoms in total. The van der Waals surface area contributed by atoms with E-state index in [0.717, 1.165) is 40.6 Å². The van der Waals surface area contributed by atoms with E-state index in [2.05, 4.69) is 54.6 Å². The Kier molecular flexibility index (Phi) is 7.19. The molecule has 0 aliphatic carbocycles. The van der Waals surface area contributed by atoms with Crippen molar-refractivity contribution in [2.45, 2.75) is 26.2 Å². The van der Waals surface area contributed by atoms with Crippen LogP contribution in [0.2, 0.25) is 0 Å². The lowest BCUT2D eigenvalue weighted by atomic mass is 9.90. The van der Waals surface area contributed by atoms with E-state index in [1.54, 1.807) is 0 Å². The standard InChI is InChI=1S/C29H29O3/c1-3-30-26-16-11-23(12-17-26)25-20-28(15-10-22-8-6-5-7-9-22)32-29(21-25)24-13-18-27(19-14-24)31-4-2/h5-19,21,25H,3-4,20H2,1-2H3/q+1/b15-10+/t25-/m1/s1. The molecule has 1 aliphatic heterocycles. The van der Waals surface area contributed by atoms with Gasteiger partial charge in [-0.1, -0.05) is 42.5 Å². The first-order valence-electron chi connectivity index (χ1n) is 11.2. The highest BCUT2D eigenvalue weighted by atomic mass is 16.5. The van der Waals surface area contributed by atoms with Crippen molar-refractivity contribution in [1.82, 2.24) is 0 Å². The quantitative estimate of drug-likeness (QED) is 0.292. The van der Waals surface area contributed by atoms with Crippen LogP contribution in [0.25, 0.3) is 11.8 Å². The van der Waals surface area contributed by atoms with Crippen LogP contribution in [0, 0.1) is 0 Å². The van der Waals surface area contributed by atoms with Crippen LogP contribution in [0.3, 0.4) is 0 Å². The Morgan fingerprint density at radius 1 is 0.781 bits per heavy atom. The van der Waals surface area contributed by atoms with Gasteiger partial charge in [0, 0.05) is 18.1 Å². The molecule has 0 aromatic heterocycles. The zero-order valence-electron chi connectivity index (χ0n) is 18.7. The van der Waals surface area contributed by atoms with Crippen molar-refractivity contribution in [3.63, 3.8) is 0 Å². The monoisotopic (exact) mass is 425 g/mol. The van der Waals surface area contributed by atoms with Gasteiger partial charge < -0.3 is 9.47 Å². The molecule has 0 saturated carbocycles. The van der Waals surface area contributed by atoms with Crippen LogP contribution in [-0.2, 0) is 4.42 Å². The van der Waals surface area contributed by atoms with Gasteiger partial charge in [0.1, 0.15) is 11.5 Å². The number of ether oxygens (including phenoxy) is 2. The molecule has 1 atom stereocenters. The van der Waals surface area contributed by atoms with Crippen molar-refractivity contribution in [2.24, 2.45) is 0 Å². The zero-order valence-corrected chi connectivity index (χ0v) is 18.7. The smallest absolute Gasteiger partial charge is 0.356 e. The third-order valence-corrected chi connectivity index (χ3v) is 5.35. The molecule has 32 heavy (non-hydrogen) atoms. The largest absolute Gasteiger partial charge is 0.494 e. The second-order valence-corrected chi connectivity index (χ2v) is 7.61. The fraction of sp³-hybridized carbons (Fsp3) is 0.207. The summed E-state index contributed by atoms with van der Waals surface area (Å²) < 4.78 is 17.5. The van der Waals surface area contributed by atoms with Crippen molar-refractivity contribution in [3.05, 3.63) is 108 Å². The third kappa shape index (κ3) is 5.55. The highest BCUT2D eigenvalue weighted by Crippen LogP contribution is 2.32. The van der Waals surface area contributed by atoms with E-state index in [1.165, 1.54) is 5.56 Å². The molecule has 162 valence electrons. The fourth-order valence-corrected chi connectivity index (χ4v) is 3.76. The predicted molar refractivity (Wildman–Crippen MR) is 131 cm³/mol. The minimum Gasteiger partial charge on any atom is -0.494 e. The topological polar surface area (TPSA) is 29.8 Å². The minimum absolute atomic E-state index is 0.219. The summed E-state index contributed by atoms with van der Waals surface area (Å²) in [4.78, 5) is 0. The van der Waals surface area contributed by atoms with Gasteiger partial charge in [0.15, 0.2) is 0 Å². The minimum atomic E-state index is 0.219. The number of allylic oxidation sites excluding steroid dienone is 2. The molecule has 1 aliphatic rings. The van der Waals surface area contributed by atoms with E-state index in [-0.39, 0.29) is 5.92 Å².